The number of likely N-dealkylation sites (N-methyl/N-ethyl adjacent to an activating group) is 1. The lowest BCUT2D eigenvalue weighted by Crippen LogP contribution is -2.24. The number of hydrogen-bond donors (Lipinski definition) is 2. The summed E-state index contributed by atoms with van der Waals surface area (Å²) in [6.07, 6.45) is 0. The first kappa shape index (κ1) is 14.0. The van der Waals surface area contributed by atoms with Crippen molar-refractivity contribution >= 4 is 17.6 Å². The van der Waals surface area contributed by atoms with Gasteiger partial charge in [-0.15, -0.1) is 0 Å². The molecule has 0 aliphatic rings. The van der Waals surface area contributed by atoms with E-state index in [9.17, 15) is 9.59 Å². The summed E-state index contributed by atoms with van der Waals surface area (Å²) in [4.78, 5) is 22.1. The molecule has 6 heteroatoms. The van der Waals surface area contributed by atoms with Crippen LogP contribution in [-0.2, 0) is 14.3 Å². The van der Waals surface area contributed by atoms with Gasteiger partial charge >= 0.3 is 5.97 Å². The minimum Gasteiger partial charge on any atom is -0.482 e. The molecule has 0 aliphatic carbocycles. The number of amides is 1. The molecule has 1 aromatic carbocycles. The van der Waals surface area contributed by atoms with Crippen LogP contribution in [0.15, 0.2) is 24.3 Å². The number of methoxy groups -OCH3 is 1. The van der Waals surface area contributed by atoms with Gasteiger partial charge in [0.15, 0.2) is 6.61 Å². The van der Waals surface area contributed by atoms with Crippen LogP contribution in [0.4, 0.5) is 5.69 Å². The van der Waals surface area contributed by atoms with E-state index >= 15 is 0 Å². The van der Waals surface area contributed by atoms with E-state index in [1.54, 1.807) is 31.3 Å². The first-order chi connectivity index (χ1) is 8.65. The monoisotopic (exact) mass is 252 g/mol. The van der Waals surface area contributed by atoms with E-state index in [-0.39, 0.29) is 19.1 Å². The number of nitrogens with one attached hydrogen (secondary N) is 2. The third-order valence-corrected chi connectivity index (χ3v) is 2.06. The van der Waals surface area contributed by atoms with E-state index in [4.69, 9.17) is 4.74 Å². The highest BCUT2D eigenvalue weighted by atomic mass is 16.6. The molecule has 1 aromatic rings. The van der Waals surface area contributed by atoms with Crippen LogP contribution in [0, 0.1) is 0 Å². The summed E-state index contributed by atoms with van der Waals surface area (Å²) in [7, 11) is 3.00. The molecule has 0 atom stereocenters. The molecular formula is C12H16N2O4. The molecule has 98 valence electrons. The summed E-state index contributed by atoms with van der Waals surface area (Å²) >= 11 is 0. The highest BCUT2D eigenvalue weighted by Crippen LogP contribution is 2.15. The lowest BCUT2D eigenvalue weighted by atomic mass is 10.3. The lowest BCUT2D eigenvalue weighted by molar-refractivity contribution is -0.142. The van der Waals surface area contributed by atoms with Crippen molar-refractivity contribution in [1.82, 2.24) is 5.32 Å². The van der Waals surface area contributed by atoms with Crippen LogP contribution in [0.25, 0.3) is 0 Å². The molecule has 6 nitrogen and oxygen atoms in total. The number of esters is 1. The Bertz CT molecular complexity index is 403. The summed E-state index contributed by atoms with van der Waals surface area (Å²) in [5.74, 6) is -0.0332. The number of carbonyl (C=O) groups is 2. The van der Waals surface area contributed by atoms with Gasteiger partial charge in [0.1, 0.15) is 5.75 Å². The minimum absolute atomic E-state index is 0.124. The Kier molecular flexibility index (Phi) is 5.66. The number of ether oxygens (including phenoxy) is 2. The molecule has 0 unspecified atom stereocenters. The van der Waals surface area contributed by atoms with E-state index in [0.29, 0.717) is 11.4 Å². The molecule has 0 heterocycles. The van der Waals surface area contributed by atoms with E-state index in [2.05, 4.69) is 15.4 Å². The van der Waals surface area contributed by atoms with Gasteiger partial charge in [-0.2, -0.15) is 0 Å². The predicted octanol–water partition coefficient (Wildman–Crippen LogP) is 0.396. The van der Waals surface area contributed by atoms with Crippen LogP contribution in [0.2, 0.25) is 0 Å². The molecule has 0 saturated heterocycles. The van der Waals surface area contributed by atoms with Gasteiger partial charge in [-0.3, -0.25) is 4.79 Å². The van der Waals surface area contributed by atoms with Crippen molar-refractivity contribution < 1.29 is 19.1 Å². The van der Waals surface area contributed by atoms with Crippen LogP contribution < -0.4 is 15.4 Å². The highest BCUT2D eigenvalue weighted by Gasteiger charge is 2.03. The van der Waals surface area contributed by atoms with Crippen LogP contribution in [0.1, 0.15) is 0 Å². The second kappa shape index (κ2) is 7.29. The minimum atomic E-state index is -0.443. The van der Waals surface area contributed by atoms with Crippen molar-refractivity contribution in [3.63, 3.8) is 0 Å². The van der Waals surface area contributed by atoms with Crippen LogP contribution in [-0.4, -0.2) is 39.2 Å². The smallest absolute Gasteiger partial charge is 0.343 e. The van der Waals surface area contributed by atoms with E-state index in [1.807, 2.05) is 0 Å². The van der Waals surface area contributed by atoms with Gasteiger partial charge in [0.2, 0.25) is 5.91 Å². The molecule has 0 aliphatic heterocycles. The number of benzene rings is 1. The Hall–Kier alpha value is -2.08. The quantitative estimate of drug-likeness (QED) is 0.716. The van der Waals surface area contributed by atoms with Gasteiger partial charge in [0.25, 0.3) is 0 Å². The maximum atomic E-state index is 11.3. The summed E-state index contributed by atoms with van der Waals surface area (Å²) in [6, 6.07) is 6.72. The van der Waals surface area contributed by atoms with Crippen LogP contribution >= 0.6 is 0 Å². The van der Waals surface area contributed by atoms with Crippen molar-refractivity contribution in [3.05, 3.63) is 24.3 Å². The fraction of sp³-hybridized carbons (Fsp3) is 0.333. The van der Waals surface area contributed by atoms with Crippen molar-refractivity contribution in [3.8, 4) is 5.75 Å². The first-order valence-electron chi connectivity index (χ1n) is 5.40. The molecule has 0 aromatic heterocycles. The molecule has 1 rings (SSSR count). The third-order valence-electron chi connectivity index (χ3n) is 2.06. The molecule has 0 bridgehead atoms. The fourth-order valence-corrected chi connectivity index (χ4v) is 1.20. The van der Waals surface area contributed by atoms with Gasteiger partial charge in [-0.1, -0.05) is 0 Å². The first-order valence-corrected chi connectivity index (χ1v) is 5.40. The van der Waals surface area contributed by atoms with Crippen LogP contribution in [0.5, 0.6) is 5.75 Å². The average molecular weight is 252 g/mol. The molecule has 2 N–H and O–H groups in total. The van der Waals surface area contributed by atoms with Gasteiger partial charge < -0.3 is 20.1 Å². The predicted molar refractivity (Wildman–Crippen MR) is 66.5 cm³/mol. The number of rotatable bonds is 6. The van der Waals surface area contributed by atoms with Gasteiger partial charge in [-0.05, 0) is 31.3 Å². The van der Waals surface area contributed by atoms with Gasteiger partial charge in [0, 0.05) is 5.69 Å². The number of anilines is 1. The third kappa shape index (κ3) is 4.84. The Morgan fingerprint density at radius 3 is 2.44 bits per heavy atom. The lowest BCUT2D eigenvalue weighted by Gasteiger charge is -2.07. The maximum Gasteiger partial charge on any atom is 0.343 e. The average Bonchev–Trinajstić information content (AvgIpc) is 2.37. The zero-order chi connectivity index (χ0) is 13.4. The number of hydrogen-bond acceptors (Lipinski definition) is 5. The molecule has 1 amide bonds. The molecule has 18 heavy (non-hydrogen) atoms. The second-order valence-electron chi connectivity index (χ2n) is 3.47. The normalized spacial score (nSPS) is 9.67. The van der Waals surface area contributed by atoms with Crippen molar-refractivity contribution in [1.29, 1.82) is 0 Å². The molecule has 0 fully saturated rings. The zero-order valence-electron chi connectivity index (χ0n) is 10.4. The molecule has 0 spiro atoms. The van der Waals surface area contributed by atoms with E-state index in [0.717, 1.165) is 0 Å². The Balaban J connectivity index is 2.47. The molecule has 0 saturated carbocycles. The topological polar surface area (TPSA) is 76.7 Å². The molecule has 0 radical (unpaired) electrons. The van der Waals surface area contributed by atoms with Crippen molar-refractivity contribution in [2.75, 3.05) is 32.6 Å². The SMILES string of the molecule is CNCC(=O)Nc1ccc(OCC(=O)OC)cc1. The fourth-order valence-electron chi connectivity index (χ4n) is 1.20. The van der Waals surface area contributed by atoms with Crippen molar-refractivity contribution in [2.24, 2.45) is 0 Å². The number of carbonyl (C=O) groups excluding carboxylic acids is 2. The zero-order valence-corrected chi connectivity index (χ0v) is 10.4. The summed E-state index contributed by atoms with van der Waals surface area (Å²) in [6.45, 7) is 0.114. The van der Waals surface area contributed by atoms with Gasteiger partial charge in [-0.25, -0.2) is 4.79 Å². The van der Waals surface area contributed by atoms with E-state index in [1.165, 1.54) is 7.11 Å². The maximum absolute atomic E-state index is 11.3. The Morgan fingerprint density at radius 1 is 1.22 bits per heavy atom. The van der Waals surface area contributed by atoms with Gasteiger partial charge in [0.05, 0.1) is 13.7 Å². The molecular weight excluding hydrogens is 236 g/mol. The Labute approximate surface area is 105 Å². The summed E-state index contributed by atoms with van der Waals surface area (Å²) in [5, 5.41) is 5.45. The summed E-state index contributed by atoms with van der Waals surface area (Å²) in [5.41, 5.74) is 0.667. The largest absolute Gasteiger partial charge is 0.482 e. The van der Waals surface area contributed by atoms with E-state index < -0.39 is 5.97 Å². The highest BCUT2D eigenvalue weighted by molar-refractivity contribution is 5.92. The standard InChI is InChI=1S/C12H16N2O4/c1-13-7-11(15)14-9-3-5-10(6-4-9)18-8-12(16)17-2/h3-6,13H,7-8H2,1-2H3,(H,14,15). The second-order valence-corrected chi connectivity index (χ2v) is 3.47. The van der Waals surface area contributed by atoms with Crippen molar-refractivity contribution in [2.45, 2.75) is 0 Å². The summed E-state index contributed by atoms with van der Waals surface area (Å²) < 4.78 is 9.61. The Morgan fingerprint density at radius 2 is 1.89 bits per heavy atom. The van der Waals surface area contributed by atoms with Crippen LogP contribution in [0.3, 0.4) is 0 Å².